The van der Waals surface area contributed by atoms with E-state index in [1.54, 1.807) is 0 Å². The molecule has 2 aromatic carbocycles. The molecule has 5 heteroatoms. The number of hydrogen-bond acceptors (Lipinski definition) is 2. The molecule has 28 heavy (non-hydrogen) atoms. The highest BCUT2D eigenvalue weighted by atomic mass is 35.5. The number of carbonyl (C=O) groups is 1. The summed E-state index contributed by atoms with van der Waals surface area (Å²) in [6.45, 7) is 4.11. The Bertz CT molecular complexity index is 770. The largest absolute Gasteiger partial charge is 0.345 e. The first-order chi connectivity index (χ1) is 13.5. The van der Waals surface area contributed by atoms with Crippen molar-refractivity contribution >= 4 is 29.1 Å². The predicted octanol–water partition coefficient (Wildman–Crippen LogP) is 4.95. The molecule has 1 fully saturated rings. The van der Waals surface area contributed by atoms with E-state index in [1.807, 2.05) is 48.3 Å². The average molecular weight is 419 g/mol. The normalized spacial score (nSPS) is 15.5. The van der Waals surface area contributed by atoms with Gasteiger partial charge in [-0.05, 0) is 67.6 Å². The van der Waals surface area contributed by atoms with E-state index in [1.165, 1.54) is 5.56 Å². The van der Waals surface area contributed by atoms with Crippen LogP contribution in [0.2, 0.25) is 10.0 Å². The van der Waals surface area contributed by atoms with Crippen LogP contribution in [0.25, 0.3) is 0 Å². The molecule has 0 spiro atoms. The van der Waals surface area contributed by atoms with E-state index >= 15 is 0 Å². The lowest BCUT2D eigenvalue weighted by Gasteiger charge is -2.34. The predicted molar refractivity (Wildman–Crippen MR) is 117 cm³/mol. The average Bonchev–Trinajstić information content (AvgIpc) is 2.70. The number of amides is 1. The molecule has 0 atom stereocenters. The Morgan fingerprint density at radius 1 is 1.07 bits per heavy atom. The lowest BCUT2D eigenvalue weighted by Crippen LogP contribution is -2.40. The minimum Gasteiger partial charge on any atom is -0.345 e. The van der Waals surface area contributed by atoms with Gasteiger partial charge in [0.25, 0.3) is 0 Å². The first kappa shape index (κ1) is 21.2. The fourth-order valence-electron chi connectivity index (χ4n) is 3.76. The Kier molecular flexibility index (Phi) is 7.78. The summed E-state index contributed by atoms with van der Waals surface area (Å²) in [5, 5.41) is 1.45. The van der Waals surface area contributed by atoms with Gasteiger partial charge in [0, 0.05) is 30.2 Å². The van der Waals surface area contributed by atoms with Crippen LogP contribution in [0.5, 0.6) is 0 Å². The highest BCUT2D eigenvalue weighted by molar-refractivity contribution is 6.31. The molecule has 0 aromatic heterocycles. The summed E-state index contributed by atoms with van der Waals surface area (Å²) >= 11 is 12.1. The third-order valence-electron chi connectivity index (χ3n) is 5.59. The molecule has 1 amide bonds. The maximum atomic E-state index is 12.5. The van der Waals surface area contributed by atoms with Crippen LogP contribution in [-0.2, 0) is 17.6 Å². The lowest BCUT2D eigenvalue weighted by atomic mass is 9.95. The smallest absolute Gasteiger partial charge is 0.226 e. The van der Waals surface area contributed by atoms with E-state index in [-0.39, 0.29) is 5.91 Å². The number of benzene rings is 2. The van der Waals surface area contributed by atoms with Crippen LogP contribution in [0.15, 0.2) is 48.5 Å². The van der Waals surface area contributed by atoms with Crippen molar-refractivity contribution in [1.82, 2.24) is 9.80 Å². The molecule has 1 saturated heterocycles. The van der Waals surface area contributed by atoms with Gasteiger partial charge in [-0.1, -0.05) is 53.5 Å². The molecule has 0 aliphatic carbocycles. The Labute approximate surface area is 178 Å². The molecule has 3 rings (SSSR count). The molecule has 150 valence electrons. The van der Waals surface area contributed by atoms with E-state index in [2.05, 4.69) is 17.0 Å². The summed E-state index contributed by atoms with van der Waals surface area (Å²) in [5.41, 5.74) is 2.23. The van der Waals surface area contributed by atoms with Crippen molar-refractivity contribution in [3.8, 4) is 0 Å². The zero-order chi connectivity index (χ0) is 19.9. The molecule has 0 unspecified atom stereocenters. The van der Waals surface area contributed by atoms with E-state index in [9.17, 15) is 4.79 Å². The van der Waals surface area contributed by atoms with Crippen molar-refractivity contribution < 1.29 is 4.79 Å². The summed E-state index contributed by atoms with van der Waals surface area (Å²) in [6, 6.07) is 15.7. The zero-order valence-corrected chi connectivity index (χ0v) is 17.9. The van der Waals surface area contributed by atoms with Gasteiger partial charge in [0.15, 0.2) is 0 Å². The molecule has 1 aliphatic rings. The number of carbonyl (C=O) groups excluding carboxylic acids is 1. The molecule has 0 bridgehead atoms. The van der Waals surface area contributed by atoms with Crippen molar-refractivity contribution in [3.63, 3.8) is 0 Å². The number of piperidine rings is 1. The Morgan fingerprint density at radius 2 is 1.75 bits per heavy atom. The fourth-order valence-corrected chi connectivity index (χ4v) is 4.09. The molecule has 3 nitrogen and oxygen atoms in total. The SMILES string of the molecule is CN(CC1CCN(CCc2ccc(Cl)cc2)CC1)C(=O)Cc1ccccc1Cl. The Hall–Kier alpha value is -1.55. The number of nitrogens with zero attached hydrogens (tertiary/aromatic N) is 2. The maximum absolute atomic E-state index is 12.5. The highest BCUT2D eigenvalue weighted by Gasteiger charge is 2.22. The third kappa shape index (κ3) is 6.23. The summed E-state index contributed by atoms with van der Waals surface area (Å²) in [7, 11) is 1.91. The van der Waals surface area contributed by atoms with E-state index in [0.29, 0.717) is 17.4 Å². The van der Waals surface area contributed by atoms with Gasteiger partial charge >= 0.3 is 0 Å². The quantitative estimate of drug-likeness (QED) is 0.634. The van der Waals surface area contributed by atoms with Crippen LogP contribution >= 0.6 is 23.2 Å². The van der Waals surface area contributed by atoms with Gasteiger partial charge in [0.05, 0.1) is 6.42 Å². The fraction of sp³-hybridized carbons (Fsp3) is 0.435. The van der Waals surface area contributed by atoms with Crippen LogP contribution in [0.4, 0.5) is 0 Å². The summed E-state index contributed by atoms with van der Waals surface area (Å²) in [5.74, 6) is 0.713. The van der Waals surface area contributed by atoms with Gasteiger partial charge in [-0.3, -0.25) is 4.79 Å². The molecular weight excluding hydrogens is 391 g/mol. The second-order valence-electron chi connectivity index (χ2n) is 7.70. The van der Waals surface area contributed by atoms with Crippen molar-refractivity contribution in [2.24, 2.45) is 5.92 Å². The molecule has 1 heterocycles. The van der Waals surface area contributed by atoms with Gasteiger partial charge in [-0.2, -0.15) is 0 Å². The molecular formula is C23H28Cl2N2O. The Balaban J connectivity index is 1.39. The van der Waals surface area contributed by atoms with Crippen molar-refractivity contribution in [1.29, 1.82) is 0 Å². The summed E-state index contributed by atoms with van der Waals surface area (Å²) < 4.78 is 0. The van der Waals surface area contributed by atoms with Gasteiger partial charge < -0.3 is 9.80 Å². The minimum atomic E-state index is 0.137. The number of rotatable bonds is 7. The first-order valence-electron chi connectivity index (χ1n) is 9.95. The highest BCUT2D eigenvalue weighted by Crippen LogP contribution is 2.20. The first-order valence-corrected chi connectivity index (χ1v) is 10.7. The molecule has 0 saturated carbocycles. The molecule has 0 radical (unpaired) electrons. The monoisotopic (exact) mass is 418 g/mol. The number of likely N-dealkylation sites (tertiary alicyclic amines) is 1. The topological polar surface area (TPSA) is 23.6 Å². The number of hydrogen-bond donors (Lipinski definition) is 0. The van der Waals surface area contributed by atoms with Gasteiger partial charge in [0.1, 0.15) is 0 Å². The van der Waals surface area contributed by atoms with Crippen molar-refractivity contribution in [2.45, 2.75) is 25.7 Å². The van der Waals surface area contributed by atoms with E-state index in [0.717, 1.165) is 56.0 Å². The minimum absolute atomic E-state index is 0.137. The standard InChI is InChI=1S/C23H28Cl2N2O/c1-26(23(28)16-20-4-2-3-5-22(20)25)17-19-11-14-27(15-12-19)13-10-18-6-8-21(24)9-7-18/h2-9,19H,10-17H2,1H3. The summed E-state index contributed by atoms with van der Waals surface area (Å²) in [4.78, 5) is 16.9. The number of halogens is 2. The third-order valence-corrected chi connectivity index (χ3v) is 6.22. The molecule has 2 aromatic rings. The van der Waals surface area contributed by atoms with E-state index in [4.69, 9.17) is 23.2 Å². The number of likely N-dealkylation sites (N-methyl/N-ethyl adjacent to an activating group) is 1. The van der Waals surface area contributed by atoms with Crippen molar-refractivity contribution in [3.05, 3.63) is 69.7 Å². The van der Waals surface area contributed by atoms with E-state index < -0.39 is 0 Å². The summed E-state index contributed by atoms with van der Waals surface area (Å²) in [6.07, 6.45) is 3.71. The van der Waals surface area contributed by atoms with Crippen LogP contribution in [0, 0.1) is 5.92 Å². The maximum Gasteiger partial charge on any atom is 0.226 e. The molecule has 1 aliphatic heterocycles. The van der Waals surface area contributed by atoms with Gasteiger partial charge in [0.2, 0.25) is 5.91 Å². The van der Waals surface area contributed by atoms with Crippen LogP contribution in [0.1, 0.15) is 24.0 Å². The lowest BCUT2D eigenvalue weighted by molar-refractivity contribution is -0.129. The van der Waals surface area contributed by atoms with Crippen LogP contribution in [0.3, 0.4) is 0 Å². The Morgan fingerprint density at radius 3 is 2.43 bits per heavy atom. The zero-order valence-electron chi connectivity index (χ0n) is 16.4. The second-order valence-corrected chi connectivity index (χ2v) is 8.55. The van der Waals surface area contributed by atoms with Crippen LogP contribution in [-0.4, -0.2) is 48.9 Å². The molecule has 0 N–H and O–H groups in total. The van der Waals surface area contributed by atoms with Gasteiger partial charge in [-0.25, -0.2) is 0 Å². The second kappa shape index (κ2) is 10.3. The van der Waals surface area contributed by atoms with Crippen molar-refractivity contribution in [2.75, 3.05) is 33.2 Å². The van der Waals surface area contributed by atoms with Gasteiger partial charge in [-0.15, -0.1) is 0 Å². The van der Waals surface area contributed by atoms with Crippen LogP contribution < -0.4 is 0 Å².